The van der Waals surface area contributed by atoms with Gasteiger partial charge in [0, 0.05) is 19.6 Å². The maximum Gasteiger partial charge on any atom is 0.303 e. The topological polar surface area (TPSA) is 40.5 Å². The molecule has 0 saturated carbocycles. The molecule has 3 nitrogen and oxygen atoms in total. The summed E-state index contributed by atoms with van der Waals surface area (Å²) in [5, 5.41) is 12.9. The first kappa shape index (κ1) is 10.6. The number of rotatable bonds is 5. The van der Waals surface area contributed by atoms with Gasteiger partial charge in [-0.2, -0.15) is 11.3 Å². The second-order valence-electron chi connectivity index (χ2n) is 4.11. The third kappa shape index (κ3) is 3.04. The van der Waals surface area contributed by atoms with Crippen LogP contribution in [-0.4, -0.2) is 35.6 Å². The normalized spacial score (nSPS) is 17.6. The lowest BCUT2D eigenvalue weighted by atomic mass is 9.96. The molecule has 0 bridgehead atoms. The molecule has 1 saturated heterocycles. The molecule has 0 aliphatic carbocycles. The van der Waals surface area contributed by atoms with Gasteiger partial charge in [-0.1, -0.05) is 0 Å². The number of carboxylic acids is 1. The van der Waals surface area contributed by atoms with E-state index in [1.807, 2.05) is 0 Å². The Morgan fingerprint density at radius 3 is 3.00 bits per heavy atom. The Kier molecular flexibility index (Phi) is 3.38. The Balaban J connectivity index is 1.62. The second kappa shape index (κ2) is 4.77. The Labute approximate surface area is 93.3 Å². The molecule has 82 valence electrons. The van der Waals surface area contributed by atoms with Crippen molar-refractivity contribution in [1.82, 2.24) is 4.90 Å². The third-order valence-electron chi connectivity index (χ3n) is 2.79. The van der Waals surface area contributed by atoms with Crippen molar-refractivity contribution in [1.29, 1.82) is 0 Å². The predicted octanol–water partition coefficient (Wildman–Crippen LogP) is 1.70. The van der Waals surface area contributed by atoms with Gasteiger partial charge in [-0.15, -0.1) is 0 Å². The number of thiophene rings is 1. The van der Waals surface area contributed by atoms with Crippen LogP contribution in [0.1, 0.15) is 12.0 Å². The number of carboxylic acid groups (broad SMARTS) is 1. The van der Waals surface area contributed by atoms with Crippen LogP contribution in [0.15, 0.2) is 16.8 Å². The van der Waals surface area contributed by atoms with Gasteiger partial charge in [-0.3, -0.25) is 4.79 Å². The van der Waals surface area contributed by atoms with E-state index in [9.17, 15) is 4.79 Å². The van der Waals surface area contributed by atoms with Crippen LogP contribution in [0.4, 0.5) is 0 Å². The fourth-order valence-electron chi connectivity index (χ4n) is 1.96. The molecule has 1 aromatic heterocycles. The summed E-state index contributed by atoms with van der Waals surface area (Å²) in [6.07, 6.45) is 1.41. The van der Waals surface area contributed by atoms with Crippen LogP contribution in [0.3, 0.4) is 0 Å². The molecule has 4 heteroatoms. The summed E-state index contributed by atoms with van der Waals surface area (Å²) in [7, 11) is 0. The van der Waals surface area contributed by atoms with Gasteiger partial charge in [0.2, 0.25) is 0 Å². The summed E-state index contributed by atoms with van der Waals surface area (Å²) in [6, 6.07) is 2.15. The molecule has 1 fully saturated rings. The van der Waals surface area contributed by atoms with Crippen molar-refractivity contribution in [3.05, 3.63) is 22.4 Å². The Bertz CT molecular complexity index is 317. The average molecular weight is 225 g/mol. The van der Waals surface area contributed by atoms with E-state index in [2.05, 4.69) is 21.7 Å². The molecular weight excluding hydrogens is 210 g/mol. The molecule has 1 aromatic rings. The molecule has 0 spiro atoms. The van der Waals surface area contributed by atoms with Crippen LogP contribution in [0.2, 0.25) is 0 Å². The Hall–Kier alpha value is -0.870. The molecule has 0 aromatic carbocycles. The number of hydrogen-bond acceptors (Lipinski definition) is 3. The first-order valence-corrected chi connectivity index (χ1v) is 6.13. The van der Waals surface area contributed by atoms with E-state index in [0.29, 0.717) is 12.3 Å². The number of nitrogens with zero attached hydrogens (tertiary/aromatic N) is 1. The molecule has 0 radical (unpaired) electrons. The summed E-state index contributed by atoms with van der Waals surface area (Å²) >= 11 is 1.73. The lowest BCUT2D eigenvalue weighted by Crippen LogP contribution is -2.48. The molecule has 2 rings (SSSR count). The van der Waals surface area contributed by atoms with E-state index >= 15 is 0 Å². The van der Waals surface area contributed by atoms with E-state index in [0.717, 1.165) is 26.1 Å². The summed E-state index contributed by atoms with van der Waals surface area (Å²) in [6.45, 7) is 2.97. The van der Waals surface area contributed by atoms with Crippen LogP contribution in [0.25, 0.3) is 0 Å². The van der Waals surface area contributed by atoms with Gasteiger partial charge < -0.3 is 10.0 Å². The minimum atomic E-state index is -0.669. The molecule has 1 aliphatic heterocycles. The molecule has 0 amide bonds. The van der Waals surface area contributed by atoms with Crippen LogP contribution < -0.4 is 0 Å². The smallest absolute Gasteiger partial charge is 0.303 e. The van der Waals surface area contributed by atoms with Gasteiger partial charge in [0.1, 0.15) is 0 Å². The average Bonchev–Trinajstić information content (AvgIpc) is 2.60. The zero-order chi connectivity index (χ0) is 10.7. The lowest BCUT2D eigenvalue weighted by Gasteiger charge is -2.38. The Morgan fingerprint density at radius 1 is 1.60 bits per heavy atom. The predicted molar refractivity (Wildman–Crippen MR) is 60.2 cm³/mol. The third-order valence-corrected chi connectivity index (χ3v) is 3.52. The van der Waals surface area contributed by atoms with Crippen LogP contribution in [-0.2, 0) is 11.2 Å². The van der Waals surface area contributed by atoms with Crippen molar-refractivity contribution >= 4 is 17.3 Å². The monoisotopic (exact) mass is 225 g/mol. The first-order chi connectivity index (χ1) is 7.24. The van der Waals surface area contributed by atoms with Crippen molar-refractivity contribution < 1.29 is 9.90 Å². The van der Waals surface area contributed by atoms with Crippen molar-refractivity contribution in [2.45, 2.75) is 12.8 Å². The SMILES string of the molecule is O=C(O)CC1CN(CCc2ccsc2)C1. The summed E-state index contributed by atoms with van der Waals surface area (Å²) in [5.74, 6) is -0.289. The molecule has 0 unspecified atom stereocenters. The van der Waals surface area contributed by atoms with E-state index in [4.69, 9.17) is 5.11 Å². The minimum Gasteiger partial charge on any atom is -0.481 e. The molecule has 2 heterocycles. The largest absolute Gasteiger partial charge is 0.481 e. The first-order valence-electron chi connectivity index (χ1n) is 5.19. The van der Waals surface area contributed by atoms with Crippen molar-refractivity contribution in [3.63, 3.8) is 0 Å². The number of carbonyl (C=O) groups is 1. The molecular formula is C11H15NO2S. The highest BCUT2D eigenvalue weighted by Gasteiger charge is 2.27. The van der Waals surface area contributed by atoms with Crippen molar-refractivity contribution in [2.24, 2.45) is 5.92 Å². The van der Waals surface area contributed by atoms with Gasteiger partial charge in [-0.05, 0) is 34.7 Å². The fraction of sp³-hybridized carbons (Fsp3) is 0.545. The molecule has 15 heavy (non-hydrogen) atoms. The highest BCUT2D eigenvalue weighted by molar-refractivity contribution is 7.07. The van der Waals surface area contributed by atoms with Gasteiger partial charge in [-0.25, -0.2) is 0 Å². The van der Waals surface area contributed by atoms with Crippen molar-refractivity contribution in [3.8, 4) is 0 Å². The van der Waals surface area contributed by atoms with Crippen LogP contribution in [0, 0.1) is 5.92 Å². The summed E-state index contributed by atoms with van der Waals surface area (Å²) in [5.41, 5.74) is 1.39. The van der Waals surface area contributed by atoms with Crippen molar-refractivity contribution in [2.75, 3.05) is 19.6 Å². The summed E-state index contributed by atoms with van der Waals surface area (Å²) < 4.78 is 0. The number of aliphatic carboxylic acids is 1. The number of likely N-dealkylation sites (tertiary alicyclic amines) is 1. The number of hydrogen-bond donors (Lipinski definition) is 1. The van der Waals surface area contributed by atoms with Gasteiger partial charge >= 0.3 is 5.97 Å². The van der Waals surface area contributed by atoms with E-state index in [1.54, 1.807) is 11.3 Å². The van der Waals surface area contributed by atoms with Gasteiger partial charge in [0.05, 0.1) is 6.42 Å². The van der Waals surface area contributed by atoms with E-state index in [1.165, 1.54) is 5.56 Å². The fourth-order valence-corrected chi connectivity index (χ4v) is 2.66. The van der Waals surface area contributed by atoms with Gasteiger partial charge in [0.15, 0.2) is 0 Å². The van der Waals surface area contributed by atoms with Crippen LogP contribution in [0.5, 0.6) is 0 Å². The quantitative estimate of drug-likeness (QED) is 0.829. The van der Waals surface area contributed by atoms with Gasteiger partial charge in [0.25, 0.3) is 0 Å². The zero-order valence-electron chi connectivity index (χ0n) is 8.56. The summed E-state index contributed by atoms with van der Waals surface area (Å²) in [4.78, 5) is 12.8. The molecule has 1 aliphatic rings. The second-order valence-corrected chi connectivity index (χ2v) is 4.89. The highest BCUT2D eigenvalue weighted by atomic mass is 32.1. The standard InChI is InChI=1S/C11H15NO2S/c13-11(14)5-10-6-12(7-10)3-1-9-2-4-15-8-9/h2,4,8,10H,1,3,5-7H2,(H,13,14). The Morgan fingerprint density at radius 2 is 2.40 bits per heavy atom. The lowest BCUT2D eigenvalue weighted by molar-refractivity contribution is -0.139. The highest BCUT2D eigenvalue weighted by Crippen LogP contribution is 2.19. The maximum atomic E-state index is 10.4. The minimum absolute atomic E-state index is 0.328. The van der Waals surface area contributed by atoms with Crippen LogP contribution >= 0.6 is 11.3 Å². The molecule has 1 N–H and O–H groups in total. The van der Waals surface area contributed by atoms with E-state index in [-0.39, 0.29) is 0 Å². The zero-order valence-corrected chi connectivity index (χ0v) is 9.37. The maximum absolute atomic E-state index is 10.4. The molecule has 0 atom stereocenters. The van der Waals surface area contributed by atoms with E-state index < -0.39 is 5.97 Å².